The molecule has 1 aliphatic carbocycles. The maximum atomic E-state index is 13.2. The Morgan fingerprint density at radius 3 is 1.97 bits per heavy atom. The Kier molecular flexibility index (Phi) is 5.32. The van der Waals surface area contributed by atoms with E-state index < -0.39 is 5.41 Å². The molecule has 7 heteroatoms. The molecular formula is C22H23F2N3O2. The maximum absolute atomic E-state index is 13.2. The minimum atomic E-state index is -0.504. The molecule has 1 heterocycles. The van der Waals surface area contributed by atoms with Gasteiger partial charge in [0.05, 0.1) is 12.0 Å². The summed E-state index contributed by atoms with van der Waals surface area (Å²) in [6, 6.07) is 11.9. The molecule has 1 aliphatic heterocycles. The molecule has 0 spiro atoms. The lowest BCUT2D eigenvalue weighted by Crippen LogP contribution is -2.52. The Morgan fingerprint density at radius 2 is 1.41 bits per heavy atom. The van der Waals surface area contributed by atoms with E-state index in [1.54, 1.807) is 12.1 Å². The number of rotatable bonds is 5. The van der Waals surface area contributed by atoms with Crippen LogP contribution in [0.5, 0.6) is 0 Å². The number of hydrogen-bond acceptors (Lipinski definition) is 3. The molecular weight excluding hydrogens is 376 g/mol. The first-order valence-electron chi connectivity index (χ1n) is 9.79. The van der Waals surface area contributed by atoms with Gasteiger partial charge in [0.1, 0.15) is 11.6 Å². The van der Waals surface area contributed by atoms with Crippen LogP contribution in [-0.4, -0.2) is 54.3 Å². The fourth-order valence-corrected chi connectivity index (χ4v) is 3.87. The van der Waals surface area contributed by atoms with Crippen molar-refractivity contribution in [3.63, 3.8) is 0 Å². The van der Waals surface area contributed by atoms with Crippen molar-refractivity contribution in [3.05, 3.63) is 65.7 Å². The van der Waals surface area contributed by atoms with Crippen LogP contribution in [0.2, 0.25) is 0 Å². The number of anilines is 1. The highest BCUT2D eigenvalue weighted by atomic mass is 19.1. The lowest BCUT2D eigenvalue weighted by molar-refractivity contribution is -0.135. The summed E-state index contributed by atoms with van der Waals surface area (Å²) in [5.74, 6) is -0.719. The van der Waals surface area contributed by atoms with Crippen LogP contribution in [0, 0.1) is 11.6 Å². The van der Waals surface area contributed by atoms with Gasteiger partial charge in [0, 0.05) is 31.9 Å². The Hall–Kier alpha value is -2.80. The van der Waals surface area contributed by atoms with Crippen LogP contribution in [-0.2, 0) is 15.0 Å². The molecule has 0 unspecified atom stereocenters. The highest BCUT2D eigenvalue weighted by molar-refractivity contribution is 5.92. The van der Waals surface area contributed by atoms with Crippen LogP contribution in [0.25, 0.3) is 0 Å². The second-order valence-corrected chi connectivity index (χ2v) is 7.71. The highest BCUT2D eigenvalue weighted by Gasteiger charge is 2.53. The van der Waals surface area contributed by atoms with Crippen molar-refractivity contribution >= 4 is 17.5 Å². The summed E-state index contributed by atoms with van der Waals surface area (Å²) in [5.41, 5.74) is 0.931. The van der Waals surface area contributed by atoms with Gasteiger partial charge in [0.2, 0.25) is 11.8 Å². The Morgan fingerprint density at radius 1 is 0.862 bits per heavy atom. The van der Waals surface area contributed by atoms with Gasteiger partial charge in [0.25, 0.3) is 0 Å². The minimum Gasteiger partial charge on any atom is -0.339 e. The fraction of sp³-hybridized carbons (Fsp3) is 0.364. The largest absolute Gasteiger partial charge is 0.339 e. The number of piperazine rings is 1. The molecule has 4 rings (SSSR count). The minimum absolute atomic E-state index is 0.0968. The Labute approximate surface area is 168 Å². The van der Waals surface area contributed by atoms with E-state index in [4.69, 9.17) is 0 Å². The first-order valence-corrected chi connectivity index (χ1v) is 9.79. The highest BCUT2D eigenvalue weighted by Crippen LogP contribution is 2.49. The van der Waals surface area contributed by atoms with Gasteiger partial charge in [-0.05, 0) is 54.8 Å². The Bertz CT molecular complexity index is 887. The van der Waals surface area contributed by atoms with E-state index in [0.29, 0.717) is 31.9 Å². The number of benzene rings is 2. The predicted molar refractivity (Wildman–Crippen MR) is 105 cm³/mol. The second kappa shape index (κ2) is 7.91. The van der Waals surface area contributed by atoms with Crippen molar-refractivity contribution in [1.82, 2.24) is 9.80 Å². The van der Waals surface area contributed by atoms with E-state index in [0.717, 1.165) is 18.4 Å². The van der Waals surface area contributed by atoms with Crippen molar-refractivity contribution < 1.29 is 18.4 Å². The lowest BCUT2D eigenvalue weighted by Gasteiger charge is -2.36. The van der Waals surface area contributed by atoms with Crippen molar-refractivity contribution in [2.24, 2.45) is 0 Å². The van der Waals surface area contributed by atoms with E-state index in [1.807, 2.05) is 9.80 Å². The van der Waals surface area contributed by atoms with Crippen molar-refractivity contribution in [3.8, 4) is 0 Å². The number of halogens is 2. The van der Waals surface area contributed by atoms with Crippen LogP contribution in [0.1, 0.15) is 18.4 Å². The molecule has 152 valence electrons. The predicted octanol–water partition coefficient (Wildman–Crippen LogP) is 2.78. The first kappa shape index (κ1) is 19.5. The summed E-state index contributed by atoms with van der Waals surface area (Å²) < 4.78 is 26.1. The van der Waals surface area contributed by atoms with Crippen molar-refractivity contribution in [2.45, 2.75) is 18.3 Å². The third kappa shape index (κ3) is 4.29. The van der Waals surface area contributed by atoms with Crippen LogP contribution in [0.4, 0.5) is 14.5 Å². The molecule has 0 atom stereocenters. The van der Waals surface area contributed by atoms with E-state index in [9.17, 15) is 18.4 Å². The third-order valence-corrected chi connectivity index (χ3v) is 5.71. The summed E-state index contributed by atoms with van der Waals surface area (Å²) in [4.78, 5) is 29.1. The zero-order valence-electron chi connectivity index (χ0n) is 16.0. The topological polar surface area (TPSA) is 52.7 Å². The van der Waals surface area contributed by atoms with Gasteiger partial charge in [-0.25, -0.2) is 8.78 Å². The lowest BCUT2D eigenvalue weighted by atomic mass is 9.94. The van der Waals surface area contributed by atoms with E-state index in [1.165, 1.54) is 36.4 Å². The SMILES string of the molecule is O=C(CN1CCN(C(=O)C2(c3ccc(F)cc3)CC2)CC1)Nc1ccc(F)cc1. The molecule has 5 nitrogen and oxygen atoms in total. The standard InChI is InChI=1S/C22H23F2N3O2/c23-17-3-1-16(2-4-17)22(9-10-22)21(29)27-13-11-26(12-14-27)15-20(28)25-19-7-5-18(24)6-8-19/h1-8H,9-15H2,(H,25,28). The van der Waals surface area contributed by atoms with E-state index in [2.05, 4.69) is 5.32 Å². The summed E-state index contributed by atoms with van der Waals surface area (Å²) >= 11 is 0. The number of carbonyl (C=O) groups is 2. The molecule has 1 saturated carbocycles. The molecule has 2 aliphatic rings. The molecule has 1 saturated heterocycles. The summed E-state index contributed by atoms with van der Waals surface area (Å²) in [7, 11) is 0. The van der Waals surface area contributed by atoms with Gasteiger partial charge < -0.3 is 10.2 Å². The number of carbonyl (C=O) groups excluding carboxylic acids is 2. The van der Waals surface area contributed by atoms with Crippen molar-refractivity contribution in [2.75, 3.05) is 38.0 Å². The van der Waals surface area contributed by atoms with E-state index in [-0.39, 0.29) is 30.0 Å². The van der Waals surface area contributed by atoms with Gasteiger partial charge in [-0.15, -0.1) is 0 Å². The average molecular weight is 399 g/mol. The smallest absolute Gasteiger partial charge is 0.238 e. The van der Waals surface area contributed by atoms with Gasteiger partial charge in [-0.3, -0.25) is 14.5 Å². The second-order valence-electron chi connectivity index (χ2n) is 7.71. The number of nitrogens with one attached hydrogen (secondary N) is 1. The molecule has 0 radical (unpaired) electrons. The molecule has 0 aromatic heterocycles. The third-order valence-electron chi connectivity index (χ3n) is 5.71. The van der Waals surface area contributed by atoms with Gasteiger partial charge >= 0.3 is 0 Å². The molecule has 2 fully saturated rings. The van der Waals surface area contributed by atoms with Crippen LogP contribution >= 0.6 is 0 Å². The zero-order chi connectivity index (χ0) is 20.4. The number of amides is 2. The molecule has 1 N–H and O–H groups in total. The van der Waals surface area contributed by atoms with Gasteiger partial charge in [-0.1, -0.05) is 12.1 Å². The average Bonchev–Trinajstić information content (AvgIpc) is 3.52. The molecule has 0 bridgehead atoms. The van der Waals surface area contributed by atoms with Crippen LogP contribution in [0.15, 0.2) is 48.5 Å². The molecule has 2 aromatic rings. The van der Waals surface area contributed by atoms with Crippen LogP contribution in [0.3, 0.4) is 0 Å². The molecule has 2 aromatic carbocycles. The first-order chi connectivity index (χ1) is 14.0. The number of nitrogens with zero attached hydrogens (tertiary/aromatic N) is 2. The Balaban J connectivity index is 1.29. The normalized spacial score (nSPS) is 18.3. The van der Waals surface area contributed by atoms with Gasteiger partial charge in [0.15, 0.2) is 0 Å². The summed E-state index contributed by atoms with van der Waals surface area (Å²) in [6.07, 6.45) is 1.58. The quantitative estimate of drug-likeness (QED) is 0.841. The number of hydrogen-bond donors (Lipinski definition) is 1. The zero-order valence-corrected chi connectivity index (χ0v) is 16.0. The monoisotopic (exact) mass is 399 g/mol. The fourth-order valence-electron chi connectivity index (χ4n) is 3.87. The summed E-state index contributed by atoms with van der Waals surface area (Å²) in [5, 5.41) is 2.75. The van der Waals surface area contributed by atoms with Gasteiger partial charge in [-0.2, -0.15) is 0 Å². The maximum Gasteiger partial charge on any atom is 0.238 e. The van der Waals surface area contributed by atoms with Crippen LogP contribution < -0.4 is 5.32 Å². The van der Waals surface area contributed by atoms with E-state index >= 15 is 0 Å². The summed E-state index contributed by atoms with van der Waals surface area (Å²) in [6.45, 7) is 2.57. The molecule has 29 heavy (non-hydrogen) atoms. The molecule has 2 amide bonds. The van der Waals surface area contributed by atoms with Crippen molar-refractivity contribution in [1.29, 1.82) is 0 Å².